The fraction of sp³-hybridized carbons (Fsp3) is 0.571. The zero-order chi connectivity index (χ0) is 15.5. The number of hydrogen-bond acceptors (Lipinski definition) is 5. The molecule has 0 bridgehead atoms. The minimum Gasteiger partial charge on any atom is -0.399 e. The summed E-state index contributed by atoms with van der Waals surface area (Å²) in [6.07, 6.45) is 0. The molecule has 1 fully saturated rings. The fourth-order valence-electron chi connectivity index (χ4n) is 2.64. The molecule has 1 aliphatic rings. The van der Waals surface area contributed by atoms with Gasteiger partial charge in [0.25, 0.3) is 0 Å². The molecule has 118 valence electrons. The van der Waals surface area contributed by atoms with Crippen molar-refractivity contribution >= 4 is 15.7 Å². The van der Waals surface area contributed by atoms with Crippen LogP contribution in [-0.2, 0) is 14.8 Å². The third-order valence-electron chi connectivity index (χ3n) is 3.58. The molecule has 0 saturated carbocycles. The van der Waals surface area contributed by atoms with Crippen LogP contribution in [0.5, 0.6) is 0 Å². The van der Waals surface area contributed by atoms with Crippen molar-refractivity contribution < 1.29 is 13.2 Å². The van der Waals surface area contributed by atoms with E-state index in [1.54, 1.807) is 26.0 Å². The number of sulfonamides is 1. The molecule has 1 heterocycles. The first-order valence-corrected chi connectivity index (χ1v) is 8.55. The van der Waals surface area contributed by atoms with Crippen LogP contribution in [0.1, 0.15) is 11.1 Å². The van der Waals surface area contributed by atoms with Crippen molar-refractivity contribution in [3.8, 4) is 0 Å². The van der Waals surface area contributed by atoms with Crippen LogP contribution in [0.4, 0.5) is 5.69 Å². The van der Waals surface area contributed by atoms with E-state index in [-0.39, 0.29) is 0 Å². The monoisotopic (exact) mass is 313 g/mol. The van der Waals surface area contributed by atoms with Crippen molar-refractivity contribution in [3.05, 3.63) is 23.3 Å². The first-order valence-electron chi connectivity index (χ1n) is 7.06. The number of rotatable bonds is 5. The van der Waals surface area contributed by atoms with Gasteiger partial charge in [0.2, 0.25) is 10.0 Å². The molecule has 0 radical (unpaired) electrons. The van der Waals surface area contributed by atoms with Gasteiger partial charge in [0.05, 0.1) is 18.1 Å². The summed E-state index contributed by atoms with van der Waals surface area (Å²) in [6.45, 7) is 7.73. The molecule has 0 atom stereocenters. The Bertz CT molecular complexity index is 572. The van der Waals surface area contributed by atoms with E-state index in [0.717, 1.165) is 13.1 Å². The third kappa shape index (κ3) is 4.16. The minimum atomic E-state index is -3.50. The summed E-state index contributed by atoms with van der Waals surface area (Å²) in [5.74, 6) is 0. The number of hydrogen-bond donors (Lipinski definition) is 2. The molecule has 0 spiro atoms. The van der Waals surface area contributed by atoms with Crippen molar-refractivity contribution in [1.29, 1.82) is 0 Å². The highest BCUT2D eigenvalue weighted by Crippen LogP contribution is 2.22. The Balaban J connectivity index is 2.01. The van der Waals surface area contributed by atoms with E-state index in [1.165, 1.54) is 0 Å². The van der Waals surface area contributed by atoms with Crippen LogP contribution in [0.2, 0.25) is 0 Å². The predicted octanol–water partition coefficient (Wildman–Crippen LogP) is 0.496. The van der Waals surface area contributed by atoms with Crippen LogP contribution in [0.25, 0.3) is 0 Å². The average molecular weight is 313 g/mol. The summed E-state index contributed by atoms with van der Waals surface area (Å²) >= 11 is 0. The number of nitrogens with one attached hydrogen (secondary N) is 1. The second kappa shape index (κ2) is 6.74. The first kappa shape index (κ1) is 16.2. The fourth-order valence-corrected chi connectivity index (χ4v) is 4.11. The van der Waals surface area contributed by atoms with Gasteiger partial charge in [-0.3, -0.25) is 4.90 Å². The van der Waals surface area contributed by atoms with Crippen LogP contribution in [0.3, 0.4) is 0 Å². The van der Waals surface area contributed by atoms with Gasteiger partial charge in [-0.25, -0.2) is 13.1 Å². The van der Waals surface area contributed by atoms with Crippen LogP contribution in [0.15, 0.2) is 17.0 Å². The quantitative estimate of drug-likeness (QED) is 0.773. The largest absolute Gasteiger partial charge is 0.399 e. The van der Waals surface area contributed by atoms with Gasteiger partial charge < -0.3 is 10.5 Å². The number of anilines is 1. The van der Waals surface area contributed by atoms with Crippen molar-refractivity contribution in [2.75, 3.05) is 45.1 Å². The normalized spacial score (nSPS) is 17.0. The van der Waals surface area contributed by atoms with Gasteiger partial charge in [0, 0.05) is 31.9 Å². The van der Waals surface area contributed by atoms with Gasteiger partial charge in [0.1, 0.15) is 0 Å². The summed E-state index contributed by atoms with van der Waals surface area (Å²) in [6, 6.07) is 3.37. The Morgan fingerprint density at radius 3 is 2.38 bits per heavy atom. The third-order valence-corrected chi connectivity index (χ3v) is 5.34. The van der Waals surface area contributed by atoms with Crippen LogP contribution in [-0.4, -0.2) is 52.7 Å². The van der Waals surface area contributed by atoms with Gasteiger partial charge >= 0.3 is 0 Å². The molecule has 1 aliphatic heterocycles. The molecule has 0 aliphatic carbocycles. The predicted molar refractivity (Wildman–Crippen MR) is 82.8 cm³/mol. The summed E-state index contributed by atoms with van der Waals surface area (Å²) in [4.78, 5) is 2.52. The molecule has 1 aromatic carbocycles. The van der Waals surface area contributed by atoms with Crippen molar-refractivity contribution in [2.24, 2.45) is 0 Å². The molecule has 0 amide bonds. The summed E-state index contributed by atoms with van der Waals surface area (Å²) in [5.41, 5.74) is 7.66. The van der Waals surface area contributed by atoms with Gasteiger partial charge in [0.15, 0.2) is 0 Å². The van der Waals surface area contributed by atoms with E-state index in [4.69, 9.17) is 10.5 Å². The van der Waals surface area contributed by atoms with E-state index in [2.05, 4.69) is 9.62 Å². The average Bonchev–Trinajstić information content (AvgIpc) is 2.38. The molecular formula is C14H23N3O3S. The number of nitrogen functional groups attached to an aromatic ring is 1. The lowest BCUT2D eigenvalue weighted by Crippen LogP contribution is -2.41. The minimum absolute atomic E-state index is 0.332. The smallest absolute Gasteiger partial charge is 0.241 e. The maximum absolute atomic E-state index is 12.4. The van der Waals surface area contributed by atoms with E-state index in [9.17, 15) is 8.42 Å². The Hall–Kier alpha value is -1.15. The van der Waals surface area contributed by atoms with E-state index in [0.29, 0.717) is 48.0 Å². The Labute approximate surface area is 126 Å². The van der Waals surface area contributed by atoms with E-state index in [1.807, 2.05) is 0 Å². The SMILES string of the molecule is Cc1cc(N)cc(C)c1S(=O)(=O)NCCN1CCOCC1. The van der Waals surface area contributed by atoms with Crippen LogP contribution >= 0.6 is 0 Å². The number of nitrogens with zero attached hydrogens (tertiary/aromatic N) is 1. The lowest BCUT2D eigenvalue weighted by atomic mass is 10.1. The highest BCUT2D eigenvalue weighted by atomic mass is 32.2. The van der Waals surface area contributed by atoms with Crippen molar-refractivity contribution in [1.82, 2.24) is 9.62 Å². The molecule has 21 heavy (non-hydrogen) atoms. The summed E-state index contributed by atoms with van der Waals surface area (Å²) in [5, 5.41) is 0. The topological polar surface area (TPSA) is 84.7 Å². The Morgan fingerprint density at radius 2 is 1.81 bits per heavy atom. The second-order valence-corrected chi connectivity index (χ2v) is 7.04. The first-order chi connectivity index (χ1) is 9.90. The molecule has 1 saturated heterocycles. The van der Waals surface area contributed by atoms with E-state index < -0.39 is 10.0 Å². The maximum Gasteiger partial charge on any atom is 0.241 e. The molecule has 3 N–H and O–H groups in total. The Morgan fingerprint density at radius 1 is 1.24 bits per heavy atom. The molecule has 7 heteroatoms. The van der Waals surface area contributed by atoms with Gasteiger partial charge in [-0.15, -0.1) is 0 Å². The van der Waals surface area contributed by atoms with Gasteiger partial charge in [-0.2, -0.15) is 0 Å². The zero-order valence-electron chi connectivity index (χ0n) is 12.6. The molecule has 1 aromatic rings. The van der Waals surface area contributed by atoms with Gasteiger partial charge in [-0.05, 0) is 37.1 Å². The standard InChI is InChI=1S/C14H23N3O3S/c1-11-9-13(15)10-12(2)14(11)21(18,19)16-3-4-17-5-7-20-8-6-17/h9-10,16H,3-8,15H2,1-2H3. The molecule has 2 rings (SSSR count). The maximum atomic E-state index is 12.4. The number of ether oxygens (including phenoxy) is 1. The summed E-state index contributed by atoms with van der Waals surface area (Å²) < 4.78 is 32.8. The Kier molecular flexibility index (Phi) is 5.21. The lowest BCUT2D eigenvalue weighted by Gasteiger charge is -2.26. The molecule has 6 nitrogen and oxygen atoms in total. The van der Waals surface area contributed by atoms with Gasteiger partial charge in [-0.1, -0.05) is 0 Å². The number of aryl methyl sites for hydroxylation is 2. The van der Waals surface area contributed by atoms with Crippen molar-refractivity contribution in [3.63, 3.8) is 0 Å². The highest BCUT2D eigenvalue weighted by molar-refractivity contribution is 7.89. The molecule has 0 aromatic heterocycles. The van der Waals surface area contributed by atoms with Crippen molar-refractivity contribution in [2.45, 2.75) is 18.7 Å². The zero-order valence-corrected chi connectivity index (χ0v) is 13.4. The van der Waals surface area contributed by atoms with E-state index >= 15 is 0 Å². The highest BCUT2D eigenvalue weighted by Gasteiger charge is 2.20. The summed E-state index contributed by atoms with van der Waals surface area (Å²) in [7, 11) is -3.50. The van der Waals surface area contributed by atoms with Crippen LogP contribution < -0.4 is 10.5 Å². The lowest BCUT2D eigenvalue weighted by molar-refractivity contribution is 0.0390. The van der Waals surface area contributed by atoms with Crippen LogP contribution in [0, 0.1) is 13.8 Å². The number of morpholine rings is 1. The molecule has 0 unspecified atom stereocenters. The second-order valence-electron chi connectivity index (χ2n) is 5.34. The molecular weight excluding hydrogens is 290 g/mol. The number of nitrogens with two attached hydrogens (primary N) is 1. The number of benzene rings is 1.